The summed E-state index contributed by atoms with van der Waals surface area (Å²) in [5, 5.41) is 10.4. The summed E-state index contributed by atoms with van der Waals surface area (Å²) in [5.41, 5.74) is 2.12. The van der Waals surface area contributed by atoms with Crippen LogP contribution >= 0.6 is 0 Å². The number of anilines is 2. The number of halogens is 1. The van der Waals surface area contributed by atoms with E-state index in [1.165, 1.54) is 24.3 Å². The van der Waals surface area contributed by atoms with E-state index in [4.69, 9.17) is 0 Å². The highest BCUT2D eigenvalue weighted by Gasteiger charge is 2.12. The molecule has 0 unspecified atom stereocenters. The van der Waals surface area contributed by atoms with Gasteiger partial charge in [0.2, 0.25) is 5.91 Å². The molecule has 4 rings (SSSR count). The second kappa shape index (κ2) is 8.01. The van der Waals surface area contributed by atoms with E-state index in [1.54, 1.807) is 16.9 Å². The van der Waals surface area contributed by atoms with Gasteiger partial charge in [-0.3, -0.25) is 9.78 Å². The Balaban J connectivity index is 1.45. The molecule has 29 heavy (non-hydrogen) atoms. The van der Waals surface area contributed by atoms with Crippen LogP contribution in [0.25, 0.3) is 17.2 Å². The average Bonchev–Trinajstić information content (AvgIpc) is 3.14. The molecule has 0 atom stereocenters. The van der Waals surface area contributed by atoms with Gasteiger partial charge in [0.25, 0.3) is 5.78 Å². The van der Waals surface area contributed by atoms with Crippen molar-refractivity contribution < 1.29 is 9.18 Å². The Morgan fingerprint density at radius 2 is 2.00 bits per heavy atom. The molecule has 0 radical (unpaired) electrons. The summed E-state index contributed by atoms with van der Waals surface area (Å²) in [7, 11) is 0. The first kappa shape index (κ1) is 18.5. The van der Waals surface area contributed by atoms with Crippen LogP contribution in [0, 0.1) is 12.7 Å². The van der Waals surface area contributed by atoms with Crippen LogP contribution in [0.4, 0.5) is 15.9 Å². The van der Waals surface area contributed by atoms with Crippen molar-refractivity contribution >= 4 is 23.2 Å². The van der Waals surface area contributed by atoms with Crippen molar-refractivity contribution in [2.45, 2.75) is 13.3 Å². The van der Waals surface area contributed by atoms with Crippen LogP contribution in [0.3, 0.4) is 0 Å². The molecule has 2 N–H and O–H groups in total. The van der Waals surface area contributed by atoms with Gasteiger partial charge in [0.05, 0.1) is 0 Å². The highest BCUT2D eigenvalue weighted by molar-refractivity contribution is 5.90. The van der Waals surface area contributed by atoms with E-state index in [-0.39, 0.29) is 18.1 Å². The molecular weight excluding hydrogens is 373 g/mol. The summed E-state index contributed by atoms with van der Waals surface area (Å²) in [6.45, 7) is 2.25. The van der Waals surface area contributed by atoms with Gasteiger partial charge in [-0.15, -0.1) is 5.10 Å². The number of fused-ring (bicyclic) bond motifs is 1. The van der Waals surface area contributed by atoms with Gasteiger partial charge in [-0.05, 0) is 43.3 Å². The number of hydrogen-bond donors (Lipinski definition) is 2. The maximum absolute atomic E-state index is 12.9. The summed E-state index contributed by atoms with van der Waals surface area (Å²) < 4.78 is 14.5. The zero-order valence-corrected chi connectivity index (χ0v) is 15.6. The summed E-state index contributed by atoms with van der Waals surface area (Å²) in [5.74, 6) is 1.14. The molecule has 0 aliphatic carbocycles. The zero-order chi connectivity index (χ0) is 20.2. The fourth-order valence-corrected chi connectivity index (χ4v) is 2.79. The average molecular weight is 391 g/mol. The number of amides is 1. The molecule has 0 saturated heterocycles. The van der Waals surface area contributed by atoms with Crippen LogP contribution in [0.1, 0.15) is 12.1 Å². The SMILES string of the molecule is Cc1cc(NCCC(=O)Nc2ccc(F)cc2)n2nc(-c3cccnc3)nc2n1. The molecule has 0 bridgehead atoms. The molecule has 0 fully saturated rings. The molecule has 0 aliphatic heterocycles. The first-order chi connectivity index (χ1) is 14.1. The maximum Gasteiger partial charge on any atom is 0.254 e. The lowest BCUT2D eigenvalue weighted by molar-refractivity contribution is -0.115. The van der Waals surface area contributed by atoms with Gasteiger partial charge in [-0.25, -0.2) is 9.37 Å². The van der Waals surface area contributed by atoms with Crippen molar-refractivity contribution in [2.24, 2.45) is 0 Å². The lowest BCUT2D eigenvalue weighted by Gasteiger charge is -2.09. The lowest BCUT2D eigenvalue weighted by Crippen LogP contribution is -2.17. The number of hydrogen-bond acceptors (Lipinski definition) is 6. The summed E-state index contributed by atoms with van der Waals surface area (Å²) in [4.78, 5) is 25.1. The third-order valence-corrected chi connectivity index (χ3v) is 4.15. The molecule has 3 aromatic heterocycles. The minimum atomic E-state index is -0.347. The van der Waals surface area contributed by atoms with E-state index >= 15 is 0 Å². The van der Waals surface area contributed by atoms with Crippen LogP contribution < -0.4 is 10.6 Å². The Kier molecular flexibility index (Phi) is 5.10. The topological polar surface area (TPSA) is 97.1 Å². The largest absolute Gasteiger partial charge is 0.369 e. The number of carbonyl (C=O) groups excluding carboxylic acids is 1. The van der Waals surface area contributed by atoms with Crippen LogP contribution in [0.15, 0.2) is 54.9 Å². The van der Waals surface area contributed by atoms with Crippen LogP contribution in [-0.2, 0) is 4.79 Å². The number of pyridine rings is 1. The molecule has 8 nitrogen and oxygen atoms in total. The summed E-state index contributed by atoms with van der Waals surface area (Å²) >= 11 is 0. The molecule has 9 heteroatoms. The van der Waals surface area contributed by atoms with E-state index in [9.17, 15) is 9.18 Å². The van der Waals surface area contributed by atoms with Gasteiger partial charge in [-0.2, -0.15) is 9.50 Å². The van der Waals surface area contributed by atoms with Gasteiger partial charge in [0.1, 0.15) is 11.6 Å². The first-order valence-electron chi connectivity index (χ1n) is 9.02. The standard InChI is InChI=1S/C20H18FN7O/c1-13-11-17(23-10-8-18(29)25-16-6-4-15(21)5-7-16)28-20(24-13)26-19(27-28)14-3-2-9-22-12-14/h2-7,9,11-12,23H,8,10H2,1H3,(H,25,29). The number of benzene rings is 1. The van der Waals surface area contributed by atoms with Crippen molar-refractivity contribution in [2.75, 3.05) is 17.2 Å². The van der Waals surface area contributed by atoms with E-state index < -0.39 is 0 Å². The number of nitrogens with one attached hydrogen (secondary N) is 2. The molecule has 1 amide bonds. The fourth-order valence-electron chi connectivity index (χ4n) is 2.79. The monoisotopic (exact) mass is 391 g/mol. The van der Waals surface area contributed by atoms with Gasteiger partial charge in [0, 0.05) is 48.4 Å². The Morgan fingerprint density at radius 1 is 1.17 bits per heavy atom. The predicted molar refractivity (Wildman–Crippen MR) is 107 cm³/mol. The van der Waals surface area contributed by atoms with E-state index in [1.807, 2.05) is 25.1 Å². The Morgan fingerprint density at radius 3 is 2.76 bits per heavy atom. The quantitative estimate of drug-likeness (QED) is 0.524. The zero-order valence-electron chi connectivity index (χ0n) is 15.6. The van der Waals surface area contributed by atoms with Crippen molar-refractivity contribution in [1.82, 2.24) is 24.6 Å². The first-order valence-corrected chi connectivity index (χ1v) is 9.02. The highest BCUT2D eigenvalue weighted by Crippen LogP contribution is 2.18. The third-order valence-electron chi connectivity index (χ3n) is 4.15. The number of carbonyl (C=O) groups is 1. The second-order valence-electron chi connectivity index (χ2n) is 6.40. The third kappa shape index (κ3) is 4.34. The second-order valence-corrected chi connectivity index (χ2v) is 6.40. The molecule has 0 saturated carbocycles. The van der Waals surface area contributed by atoms with E-state index in [2.05, 4.69) is 30.7 Å². The lowest BCUT2D eigenvalue weighted by atomic mass is 10.3. The minimum Gasteiger partial charge on any atom is -0.369 e. The predicted octanol–water partition coefficient (Wildman–Crippen LogP) is 3.07. The van der Waals surface area contributed by atoms with Crippen molar-refractivity contribution in [3.05, 3.63) is 66.4 Å². The van der Waals surface area contributed by atoms with E-state index in [0.717, 1.165) is 11.3 Å². The van der Waals surface area contributed by atoms with Gasteiger partial charge < -0.3 is 10.6 Å². The van der Waals surface area contributed by atoms with Crippen molar-refractivity contribution in [3.8, 4) is 11.4 Å². The highest BCUT2D eigenvalue weighted by atomic mass is 19.1. The summed E-state index contributed by atoms with van der Waals surface area (Å²) in [6.07, 6.45) is 3.60. The fraction of sp³-hybridized carbons (Fsp3) is 0.150. The number of rotatable bonds is 6. The van der Waals surface area contributed by atoms with Crippen LogP contribution in [0.5, 0.6) is 0 Å². The Hall–Kier alpha value is -3.88. The molecule has 3 heterocycles. The molecule has 0 aliphatic rings. The summed E-state index contributed by atoms with van der Waals surface area (Å²) in [6, 6.07) is 11.2. The van der Waals surface area contributed by atoms with Gasteiger partial charge >= 0.3 is 0 Å². The van der Waals surface area contributed by atoms with Crippen molar-refractivity contribution in [1.29, 1.82) is 0 Å². The maximum atomic E-state index is 12.9. The van der Waals surface area contributed by atoms with E-state index in [0.29, 0.717) is 29.7 Å². The molecular formula is C20H18FN7O. The normalized spacial score (nSPS) is 10.8. The smallest absolute Gasteiger partial charge is 0.254 e. The number of nitrogens with zero attached hydrogens (tertiary/aromatic N) is 5. The van der Waals surface area contributed by atoms with Gasteiger partial charge in [0.15, 0.2) is 5.82 Å². The van der Waals surface area contributed by atoms with Crippen molar-refractivity contribution in [3.63, 3.8) is 0 Å². The van der Waals surface area contributed by atoms with Crippen LogP contribution in [0.2, 0.25) is 0 Å². The molecule has 4 aromatic rings. The molecule has 146 valence electrons. The van der Waals surface area contributed by atoms with Gasteiger partial charge in [-0.1, -0.05) is 0 Å². The minimum absolute atomic E-state index is 0.180. The Labute approximate surface area is 165 Å². The Bertz CT molecular complexity index is 1140. The van der Waals surface area contributed by atoms with Crippen LogP contribution in [-0.4, -0.2) is 37.0 Å². The number of aryl methyl sites for hydroxylation is 1. The number of aromatic nitrogens is 5. The molecule has 1 aromatic carbocycles. The molecule has 0 spiro atoms.